The average molecular weight is 479 g/mol. The van der Waals surface area contributed by atoms with Crippen LogP contribution in [-0.2, 0) is 9.53 Å². The van der Waals surface area contributed by atoms with E-state index in [1.165, 1.54) is 11.8 Å². The fraction of sp³-hybridized carbons (Fsp3) is 0.250. The van der Waals surface area contributed by atoms with E-state index in [9.17, 15) is 4.79 Å². The van der Waals surface area contributed by atoms with Crippen molar-refractivity contribution in [3.05, 3.63) is 53.6 Å². The fourth-order valence-electron chi connectivity index (χ4n) is 3.57. The third-order valence-corrected chi connectivity index (χ3v) is 6.13. The lowest BCUT2D eigenvalue weighted by Crippen LogP contribution is -2.22. The molecule has 1 aromatic heterocycles. The zero-order valence-electron chi connectivity index (χ0n) is 18.7. The van der Waals surface area contributed by atoms with Gasteiger partial charge in [-0.15, -0.1) is 10.2 Å². The summed E-state index contributed by atoms with van der Waals surface area (Å²) >= 11 is 1.46. The van der Waals surface area contributed by atoms with E-state index in [0.717, 1.165) is 16.9 Å². The molecule has 10 heteroatoms. The zero-order valence-corrected chi connectivity index (χ0v) is 19.5. The number of hydrogen-bond donors (Lipinski definition) is 0. The van der Waals surface area contributed by atoms with Gasteiger partial charge in [0.2, 0.25) is 5.16 Å². The Labute approximate surface area is 200 Å². The van der Waals surface area contributed by atoms with E-state index in [2.05, 4.69) is 10.2 Å². The van der Waals surface area contributed by atoms with E-state index >= 15 is 0 Å². The van der Waals surface area contributed by atoms with Crippen LogP contribution in [0.2, 0.25) is 0 Å². The number of nitrogens with zero attached hydrogens (tertiary/aromatic N) is 4. The van der Waals surface area contributed by atoms with Crippen LogP contribution in [0.15, 0.2) is 58.3 Å². The molecule has 0 saturated heterocycles. The summed E-state index contributed by atoms with van der Waals surface area (Å²) in [6.07, 6.45) is 1.76. The first-order valence-electron chi connectivity index (χ1n) is 10.8. The van der Waals surface area contributed by atoms with Crippen LogP contribution in [-0.4, -0.2) is 59.2 Å². The number of fused-ring (bicyclic) bond motifs is 2. The minimum Gasteiger partial charge on any atom is -0.497 e. The zero-order chi connectivity index (χ0) is 23.5. The third kappa shape index (κ3) is 4.36. The molecule has 174 valence electrons. The lowest BCUT2D eigenvalue weighted by molar-refractivity contribution is -0.137. The number of hydrogen-bond acceptors (Lipinski definition) is 9. The van der Waals surface area contributed by atoms with Crippen LogP contribution in [0.3, 0.4) is 0 Å². The van der Waals surface area contributed by atoms with Crippen LogP contribution < -0.4 is 14.2 Å². The van der Waals surface area contributed by atoms with Crippen molar-refractivity contribution >= 4 is 29.5 Å². The third-order valence-electron chi connectivity index (χ3n) is 5.20. The molecule has 0 unspecified atom stereocenters. The molecule has 0 fully saturated rings. The van der Waals surface area contributed by atoms with Crippen LogP contribution in [0.25, 0.3) is 17.5 Å². The minimum absolute atomic E-state index is 0.257. The maximum atomic E-state index is 12.9. The lowest BCUT2D eigenvalue weighted by Gasteiger charge is -2.19. The number of carbonyl (C=O) groups excluding carboxylic acids is 1. The number of carbonyl (C=O) groups is 1. The smallest absolute Gasteiger partial charge is 0.340 e. The molecule has 9 nitrogen and oxygen atoms in total. The Hall–Kier alpha value is -3.79. The maximum Gasteiger partial charge on any atom is 0.340 e. The summed E-state index contributed by atoms with van der Waals surface area (Å²) in [6, 6.07) is 13.0. The molecular formula is C24H22N4O5S. The Kier molecular flexibility index (Phi) is 6.22. The van der Waals surface area contributed by atoms with Gasteiger partial charge in [-0.25, -0.2) is 4.79 Å². The molecule has 2 aliphatic heterocycles. The lowest BCUT2D eigenvalue weighted by atomic mass is 10.1. The van der Waals surface area contributed by atoms with Gasteiger partial charge in [-0.1, -0.05) is 17.8 Å². The van der Waals surface area contributed by atoms with Gasteiger partial charge in [0.25, 0.3) is 0 Å². The van der Waals surface area contributed by atoms with Gasteiger partial charge in [-0.05, 0) is 55.0 Å². The second-order valence-corrected chi connectivity index (χ2v) is 8.31. The quantitative estimate of drug-likeness (QED) is 0.391. The predicted molar refractivity (Wildman–Crippen MR) is 128 cm³/mol. The average Bonchev–Trinajstić information content (AvgIpc) is 3.30. The number of aromatic nitrogens is 3. The highest BCUT2D eigenvalue weighted by Crippen LogP contribution is 2.33. The molecular weight excluding hydrogens is 456 g/mol. The van der Waals surface area contributed by atoms with Crippen molar-refractivity contribution in [2.24, 2.45) is 5.10 Å². The summed E-state index contributed by atoms with van der Waals surface area (Å²) in [4.78, 5) is 12.9. The van der Waals surface area contributed by atoms with Gasteiger partial charge in [0, 0.05) is 11.3 Å². The van der Waals surface area contributed by atoms with E-state index < -0.39 is 5.97 Å². The first kappa shape index (κ1) is 22.0. The SMILES string of the molecule is CCOC(=O)/C(=C/c1ccc2c(c1)OCCO2)C1=Nn2c(nnc2-c2ccc(OC)cc2)SC1. The first-order chi connectivity index (χ1) is 16.7. The van der Waals surface area contributed by atoms with E-state index in [1.807, 2.05) is 42.5 Å². The molecule has 0 bridgehead atoms. The summed E-state index contributed by atoms with van der Waals surface area (Å²) in [7, 11) is 1.62. The summed E-state index contributed by atoms with van der Waals surface area (Å²) < 4.78 is 23.5. The molecule has 3 aromatic rings. The van der Waals surface area contributed by atoms with Gasteiger partial charge in [-0.3, -0.25) is 0 Å². The number of methoxy groups -OCH3 is 1. The van der Waals surface area contributed by atoms with Crippen molar-refractivity contribution in [2.45, 2.75) is 12.1 Å². The highest BCUT2D eigenvalue weighted by Gasteiger charge is 2.26. The van der Waals surface area contributed by atoms with Crippen LogP contribution >= 0.6 is 11.8 Å². The molecule has 0 spiro atoms. The topological polar surface area (TPSA) is 97.1 Å². The van der Waals surface area contributed by atoms with Gasteiger partial charge >= 0.3 is 5.97 Å². The van der Waals surface area contributed by atoms with Gasteiger partial charge in [-0.2, -0.15) is 9.78 Å². The maximum absolute atomic E-state index is 12.9. The summed E-state index contributed by atoms with van der Waals surface area (Å²) in [5.41, 5.74) is 2.55. The number of ether oxygens (including phenoxy) is 4. The normalized spacial score (nSPS) is 14.8. The predicted octanol–water partition coefficient (Wildman–Crippen LogP) is 3.68. The van der Waals surface area contributed by atoms with Gasteiger partial charge < -0.3 is 18.9 Å². The molecule has 0 saturated carbocycles. The molecule has 2 aromatic carbocycles. The standard InChI is InChI=1S/C24H22N4O5S/c1-3-31-23(29)18(12-15-4-9-20-21(13-15)33-11-10-32-20)19-14-34-24-26-25-22(28(24)27-19)16-5-7-17(30-2)8-6-16/h4-9,12-13H,3,10-11,14H2,1-2H3/b18-12+. The largest absolute Gasteiger partial charge is 0.497 e. The first-order valence-corrected chi connectivity index (χ1v) is 11.7. The van der Waals surface area contributed by atoms with E-state index in [1.54, 1.807) is 24.8 Å². The molecule has 0 atom stereocenters. The second kappa shape index (κ2) is 9.60. The number of benzene rings is 2. The van der Waals surface area contributed by atoms with Crippen molar-refractivity contribution in [3.63, 3.8) is 0 Å². The van der Waals surface area contributed by atoms with Crippen LogP contribution in [0, 0.1) is 0 Å². The molecule has 3 heterocycles. The molecule has 0 aliphatic carbocycles. The number of esters is 1. The monoisotopic (exact) mass is 478 g/mol. The summed E-state index contributed by atoms with van der Waals surface area (Å²) in [5.74, 6) is 2.66. The summed E-state index contributed by atoms with van der Waals surface area (Å²) in [5, 5.41) is 14.0. The van der Waals surface area contributed by atoms with Crippen LogP contribution in [0.4, 0.5) is 0 Å². The highest BCUT2D eigenvalue weighted by atomic mass is 32.2. The molecule has 2 aliphatic rings. The molecule has 34 heavy (non-hydrogen) atoms. The minimum atomic E-state index is -0.445. The Morgan fingerprint density at radius 3 is 2.68 bits per heavy atom. The Morgan fingerprint density at radius 1 is 1.12 bits per heavy atom. The molecule has 0 amide bonds. The van der Waals surface area contributed by atoms with Gasteiger partial charge in [0.05, 0.1) is 25.0 Å². The van der Waals surface area contributed by atoms with E-state index in [4.69, 9.17) is 24.0 Å². The van der Waals surface area contributed by atoms with Gasteiger partial charge in [0.15, 0.2) is 17.3 Å². The summed E-state index contributed by atoms with van der Waals surface area (Å²) in [6.45, 7) is 3.03. The molecule has 0 N–H and O–H groups in total. The van der Waals surface area contributed by atoms with Crippen LogP contribution in [0.1, 0.15) is 12.5 Å². The Morgan fingerprint density at radius 2 is 1.91 bits per heavy atom. The highest BCUT2D eigenvalue weighted by molar-refractivity contribution is 7.99. The van der Waals surface area contributed by atoms with Crippen molar-refractivity contribution in [3.8, 4) is 28.6 Å². The van der Waals surface area contributed by atoms with Crippen molar-refractivity contribution in [1.29, 1.82) is 0 Å². The second-order valence-electron chi connectivity index (χ2n) is 7.36. The van der Waals surface area contributed by atoms with Crippen molar-refractivity contribution < 1.29 is 23.7 Å². The van der Waals surface area contributed by atoms with Crippen LogP contribution in [0.5, 0.6) is 17.2 Å². The number of rotatable bonds is 6. The number of thioether (sulfide) groups is 1. The van der Waals surface area contributed by atoms with E-state index in [0.29, 0.717) is 52.7 Å². The molecule has 0 radical (unpaired) electrons. The Bertz CT molecular complexity index is 1280. The van der Waals surface area contributed by atoms with Crippen molar-refractivity contribution in [2.75, 3.05) is 32.7 Å². The molecule has 5 rings (SSSR count). The fourth-order valence-corrected chi connectivity index (χ4v) is 4.39. The van der Waals surface area contributed by atoms with E-state index in [-0.39, 0.29) is 6.61 Å². The van der Waals surface area contributed by atoms with Crippen molar-refractivity contribution in [1.82, 2.24) is 14.9 Å². The Balaban J connectivity index is 1.54. The van der Waals surface area contributed by atoms with Gasteiger partial charge in [0.1, 0.15) is 19.0 Å².